The van der Waals surface area contributed by atoms with Crippen LogP contribution in [0.1, 0.15) is 31.2 Å². The first kappa shape index (κ1) is 16.2. The van der Waals surface area contributed by atoms with Gasteiger partial charge in [0, 0.05) is 37.1 Å². The Bertz CT molecular complexity index is 623. The maximum atomic E-state index is 13.1. The molecule has 2 saturated heterocycles. The molecule has 0 unspecified atom stereocenters. The molecule has 0 saturated carbocycles. The van der Waals surface area contributed by atoms with Crippen LogP contribution in [0, 0.1) is 5.82 Å². The molecule has 0 bridgehead atoms. The maximum Gasteiger partial charge on any atom is 0.227 e. The molecule has 1 aromatic rings. The Balaban J connectivity index is 1.63. The zero-order chi connectivity index (χ0) is 16.4. The van der Waals surface area contributed by atoms with Crippen LogP contribution in [-0.2, 0) is 16.0 Å². The number of rotatable bonds is 3. The molecule has 2 aliphatic rings. The smallest absolute Gasteiger partial charge is 0.227 e. The number of benzene rings is 1. The second-order valence-electron chi connectivity index (χ2n) is 6.24. The van der Waals surface area contributed by atoms with Gasteiger partial charge in [0.15, 0.2) is 0 Å². The molecule has 4 nitrogen and oxygen atoms in total. The van der Waals surface area contributed by atoms with Crippen LogP contribution < -0.4 is 0 Å². The Morgan fingerprint density at radius 1 is 1.30 bits per heavy atom. The predicted molar refractivity (Wildman–Crippen MR) is 85.7 cm³/mol. The highest BCUT2D eigenvalue weighted by molar-refractivity contribution is 6.31. The highest BCUT2D eigenvalue weighted by Crippen LogP contribution is 2.23. The summed E-state index contributed by atoms with van der Waals surface area (Å²) in [5, 5.41) is 0.279. The second-order valence-corrected chi connectivity index (χ2v) is 6.65. The van der Waals surface area contributed by atoms with Crippen molar-refractivity contribution in [2.45, 2.75) is 38.1 Å². The molecule has 2 amide bonds. The predicted octanol–water partition coefficient (Wildman–Crippen LogP) is 2.64. The van der Waals surface area contributed by atoms with Crippen molar-refractivity contribution in [1.82, 2.24) is 9.80 Å². The molecule has 1 aromatic carbocycles. The van der Waals surface area contributed by atoms with Crippen LogP contribution in [0.4, 0.5) is 4.39 Å². The van der Waals surface area contributed by atoms with E-state index in [4.69, 9.17) is 11.6 Å². The van der Waals surface area contributed by atoms with Gasteiger partial charge in [-0.2, -0.15) is 0 Å². The van der Waals surface area contributed by atoms with Crippen molar-refractivity contribution < 1.29 is 14.0 Å². The van der Waals surface area contributed by atoms with Gasteiger partial charge in [0.25, 0.3) is 0 Å². The Hall–Kier alpha value is -1.62. The molecule has 2 aliphatic heterocycles. The van der Waals surface area contributed by atoms with Crippen molar-refractivity contribution >= 4 is 23.4 Å². The van der Waals surface area contributed by atoms with Crippen LogP contribution in [0.25, 0.3) is 0 Å². The van der Waals surface area contributed by atoms with E-state index in [1.54, 1.807) is 11.0 Å². The number of nitrogens with zero attached hydrogens (tertiary/aromatic N) is 2. The summed E-state index contributed by atoms with van der Waals surface area (Å²) in [6.45, 7) is 2.09. The molecule has 3 rings (SSSR count). The normalized spacial score (nSPS) is 21.8. The number of amides is 2. The van der Waals surface area contributed by atoms with Crippen molar-refractivity contribution in [3.63, 3.8) is 0 Å². The molecule has 0 spiro atoms. The fourth-order valence-electron chi connectivity index (χ4n) is 3.43. The minimum atomic E-state index is -0.406. The number of hydrogen-bond donors (Lipinski definition) is 0. The fraction of sp³-hybridized carbons (Fsp3) is 0.529. The summed E-state index contributed by atoms with van der Waals surface area (Å²) in [7, 11) is 0. The van der Waals surface area contributed by atoms with Gasteiger partial charge in [-0.25, -0.2) is 4.39 Å². The van der Waals surface area contributed by atoms with Crippen LogP contribution >= 0.6 is 11.6 Å². The highest BCUT2D eigenvalue weighted by Gasteiger charge is 2.32. The van der Waals surface area contributed by atoms with Crippen molar-refractivity contribution in [1.29, 1.82) is 0 Å². The summed E-state index contributed by atoms with van der Waals surface area (Å²) < 4.78 is 13.1. The van der Waals surface area contributed by atoms with Gasteiger partial charge in [0.1, 0.15) is 5.82 Å². The van der Waals surface area contributed by atoms with Crippen LogP contribution in [0.5, 0.6) is 0 Å². The van der Waals surface area contributed by atoms with E-state index in [1.165, 1.54) is 12.1 Å². The quantitative estimate of drug-likeness (QED) is 0.850. The van der Waals surface area contributed by atoms with E-state index in [0.717, 1.165) is 25.8 Å². The maximum absolute atomic E-state index is 13.1. The largest absolute Gasteiger partial charge is 0.340 e. The zero-order valence-electron chi connectivity index (χ0n) is 12.9. The highest BCUT2D eigenvalue weighted by atomic mass is 35.5. The van der Waals surface area contributed by atoms with E-state index in [1.807, 2.05) is 4.90 Å². The van der Waals surface area contributed by atoms with Crippen molar-refractivity contribution in [3.8, 4) is 0 Å². The molecule has 2 heterocycles. The summed E-state index contributed by atoms with van der Waals surface area (Å²) in [6.07, 6.45) is 3.55. The average molecular weight is 339 g/mol. The first-order valence-corrected chi connectivity index (χ1v) is 8.43. The first-order chi connectivity index (χ1) is 11.0. The minimum Gasteiger partial charge on any atom is -0.340 e. The van der Waals surface area contributed by atoms with Crippen molar-refractivity contribution in [2.24, 2.45) is 0 Å². The average Bonchev–Trinajstić information content (AvgIpc) is 2.96. The summed E-state index contributed by atoms with van der Waals surface area (Å²) >= 11 is 6.00. The molecule has 2 fully saturated rings. The number of likely N-dealkylation sites (tertiary alicyclic amines) is 2. The molecule has 0 radical (unpaired) electrons. The van der Waals surface area contributed by atoms with Gasteiger partial charge in [-0.3, -0.25) is 9.59 Å². The van der Waals surface area contributed by atoms with Gasteiger partial charge in [0.2, 0.25) is 11.8 Å². The van der Waals surface area contributed by atoms with Gasteiger partial charge in [-0.05, 0) is 37.0 Å². The lowest BCUT2D eigenvalue weighted by Crippen LogP contribution is -2.50. The Labute approximate surface area is 140 Å². The number of carbonyl (C=O) groups excluding carboxylic acids is 2. The molecular weight excluding hydrogens is 319 g/mol. The summed E-state index contributed by atoms with van der Waals surface area (Å²) in [4.78, 5) is 28.1. The van der Waals surface area contributed by atoms with Crippen LogP contribution in [0.2, 0.25) is 5.02 Å². The molecule has 6 heteroatoms. The van der Waals surface area contributed by atoms with E-state index in [-0.39, 0.29) is 29.3 Å². The summed E-state index contributed by atoms with van der Waals surface area (Å²) in [6, 6.07) is 4.23. The lowest BCUT2D eigenvalue weighted by Gasteiger charge is -2.37. The van der Waals surface area contributed by atoms with E-state index >= 15 is 0 Å². The summed E-state index contributed by atoms with van der Waals surface area (Å²) in [5.41, 5.74) is 0.637. The molecular formula is C17H20ClFN2O2. The third-order valence-electron chi connectivity index (χ3n) is 4.66. The van der Waals surface area contributed by atoms with Gasteiger partial charge >= 0.3 is 0 Å². The van der Waals surface area contributed by atoms with E-state index in [2.05, 4.69) is 0 Å². The van der Waals surface area contributed by atoms with Crippen LogP contribution in [0.3, 0.4) is 0 Å². The Morgan fingerprint density at radius 2 is 2.13 bits per heavy atom. The third-order valence-corrected chi connectivity index (χ3v) is 5.01. The van der Waals surface area contributed by atoms with Crippen molar-refractivity contribution in [3.05, 3.63) is 34.6 Å². The Morgan fingerprint density at radius 3 is 2.83 bits per heavy atom. The standard InChI is InChI=1S/C17H20ClFN2O2/c18-15-10-13(19)6-5-12(15)9-17(23)20-7-1-3-14(11-20)21-8-2-4-16(21)22/h5-6,10,14H,1-4,7-9,11H2/t14-/m0/s1. The topological polar surface area (TPSA) is 40.6 Å². The lowest BCUT2D eigenvalue weighted by atomic mass is 10.0. The minimum absolute atomic E-state index is 0.0187. The molecule has 0 N–H and O–H groups in total. The van der Waals surface area contributed by atoms with Crippen LogP contribution in [-0.4, -0.2) is 47.3 Å². The first-order valence-electron chi connectivity index (χ1n) is 8.06. The number of piperidine rings is 1. The summed E-state index contributed by atoms with van der Waals surface area (Å²) in [5.74, 6) is -0.225. The molecule has 23 heavy (non-hydrogen) atoms. The zero-order valence-corrected chi connectivity index (χ0v) is 13.7. The van der Waals surface area contributed by atoms with Crippen molar-refractivity contribution in [2.75, 3.05) is 19.6 Å². The number of carbonyl (C=O) groups is 2. The number of halogens is 2. The van der Waals surface area contributed by atoms with E-state index < -0.39 is 5.82 Å². The molecule has 124 valence electrons. The van der Waals surface area contributed by atoms with Gasteiger partial charge in [0.05, 0.1) is 6.42 Å². The Kier molecular flexibility index (Phi) is 4.85. The molecule has 1 atom stereocenters. The lowest BCUT2D eigenvalue weighted by molar-refractivity contribution is -0.137. The fourth-order valence-corrected chi connectivity index (χ4v) is 3.66. The number of hydrogen-bond acceptors (Lipinski definition) is 2. The third kappa shape index (κ3) is 3.66. The van der Waals surface area contributed by atoms with E-state index in [9.17, 15) is 14.0 Å². The molecule has 0 aromatic heterocycles. The second kappa shape index (κ2) is 6.87. The SMILES string of the molecule is O=C(Cc1ccc(F)cc1Cl)N1CCC[C@H](N2CCCC2=O)C1. The molecule has 0 aliphatic carbocycles. The van der Waals surface area contributed by atoms with Crippen LogP contribution in [0.15, 0.2) is 18.2 Å². The van der Waals surface area contributed by atoms with E-state index in [0.29, 0.717) is 25.1 Å². The monoisotopic (exact) mass is 338 g/mol. The van der Waals surface area contributed by atoms with Gasteiger partial charge < -0.3 is 9.80 Å². The van der Waals surface area contributed by atoms with Gasteiger partial charge in [-0.15, -0.1) is 0 Å². The van der Waals surface area contributed by atoms with Gasteiger partial charge in [-0.1, -0.05) is 17.7 Å².